The van der Waals surface area contributed by atoms with Gasteiger partial charge in [-0.25, -0.2) is 9.50 Å². The maximum atomic E-state index is 13.8. The highest BCUT2D eigenvalue weighted by Gasteiger charge is 2.35. The molecule has 0 amide bonds. The number of methoxy groups -OCH3 is 2. The summed E-state index contributed by atoms with van der Waals surface area (Å²) >= 11 is 0. The molecule has 148 valence electrons. The van der Waals surface area contributed by atoms with E-state index in [1.165, 1.54) is 20.4 Å². The lowest BCUT2D eigenvalue weighted by Gasteiger charge is -2.13. The van der Waals surface area contributed by atoms with Crippen molar-refractivity contribution in [2.45, 2.75) is 6.18 Å². The predicted molar refractivity (Wildman–Crippen MR) is 102 cm³/mol. The molecule has 0 aliphatic carbocycles. The molecule has 8 heteroatoms. The highest BCUT2D eigenvalue weighted by molar-refractivity contribution is 5.79. The van der Waals surface area contributed by atoms with Gasteiger partial charge in [-0.1, -0.05) is 30.3 Å². The summed E-state index contributed by atoms with van der Waals surface area (Å²) in [6.45, 7) is 0. The Labute approximate surface area is 164 Å². The maximum absolute atomic E-state index is 13.8. The molecular formula is C21H16F3N3O2. The van der Waals surface area contributed by atoms with Crippen LogP contribution in [0.5, 0.6) is 11.5 Å². The fourth-order valence-electron chi connectivity index (χ4n) is 3.13. The van der Waals surface area contributed by atoms with Gasteiger partial charge < -0.3 is 9.47 Å². The Bertz CT molecular complexity index is 1170. The van der Waals surface area contributed by atoms with Crippen molar-refractivity contribution in [3.8, 4) is 33.9 Å². The second kappa shape index (κ2) is 7.12. The summed E-state index contributed by atoms with van der Waals surface area (Å²) in [7, 11) is 2.95. The molecule has 0 spiro atoms. The molecule has 0 aliphatic rings. The highest BCUT2D eigenvalue weighted by Crippen LogP contribution is 2.37. The van der Waals surface area contributed by atoms with Crippen molar-refractivity contribution in [2.24, 2.45) is 0 Å². The van der Waals surface area contributed by atoms with Gasteiger partial charge in [0.25, 0.3) is 0 Å². The first-order valence-electron chi connectivity index (χ1n) is 8.66. The van der Waals surface area contributed by atoms with E-state index in [0.717, 1.165) is 16.1 Å². The molecule has 4 aromatic rings. The minimum Gasteiger partial charge on any atom is -0.493 e. The normalized spacial score (nSPS) is 11.6. The predicted octanol–water partition coefficient (Wildman–Crippen LogP) is 5.10. The molecule has 29 heavy (non-hydrogen) atoms. The molecule has 0 fully saturated rings. The fraction of sp³-hybridized carbons (Fsp3) is 0.143. The lowest BCUT2D eigenvalue weighted by molar-refractivity contribution is -0.142. The average Bonchev–Trinajstić information content (AvgIpc) is 3.16. The van der Waals surface area contributed by atoms with E-state index in [4.69, 9.17) is 9.47 Å². The first-order valence-corrected chi connectivity index (χ1v) is 8.66. The van der Waals surface area contributed by atoms with Crippen molar-refractivity contribution in [1.29, 1.82) is 0 Å². The quantitative estimate of drug-likeness (QED) is 0.479. The average molecular weight is 399 g/mol. The van der Waals surface area contributed by atoms with Crippen LogP contribution < -0.4 is 9.47 Å². The Morgan fingerprint density at radius 2 is 1.59 bits per heavy atom. The van der Waals surface area contributed by atoms with Crippen LogP contribution in [0.2, 0.25) is 0 Å². The third-order valence-electron chi connectivity index (χ3n) is 4.53. The molecule has 0 saturated heterocycles. The van der Waals surface area contributed by atoms with Gasteiger partial charge in [0.15, 0.2) is 22.8 Å². The molecule has 0 saturated carbocycles. The standard InChI is InChI=1S/C21H16F3N3O2/c1-28-17-9-8-14(10-18(17)29-2)16-11-19(21(22,23)24)27-20(26-16)15(12-25-27)13-6-4-3-5-7-13/h3-12H,1-2H3. The molecule has 2 aromatic carbocycles. The molecule has 0 radical (unpaired) electrons. The Hall–Kier alpha value is -3.55. The van der Waals surface area contributed by atoms with Gasteiger partial charge in [0.1, 0.15) is 0 Å². The number of alkyl halides is 3. The lowest BCUT2D eigenvalue weighted by atomic mass is 10.1. The van der Waals surface area contributed by atoms with Crippen molar-refractivity contribution in [2.75, 3.05) is 14.2 Å². The van der Waals surface area contributed by atoms with E-state index in [2.05, 4.69) is 10.1 Å². The Balaban J connectivity index is 1.98. The minimum atomic E-state index is -4.60. The summed E-state index contributed by atoms with van der Waals surface area (Å²) in [4.78, 5) is 4.49. The SMILES string of the molecule is COc1ccc(-c2cc(C(F)(F)F)n3ncc(-c4ccccc4)c3n2)cc1OC. The number of hydrogen-bond acceptors (Lipinski definition) is 4. The molecular weight excluding hydrogens is 383 g/mol. The molecule has 4 rings (SSSR count). The van der Waals surface area contributed by atoms with E-state index in [9.17, 15) is 13.2 Å². The second-order valence-electron chi connectivity index (χ2n) is 6.25. The van der Waals surface area contributed by atoms with Gasteiger partial charge in [0, 0.05) is 11.1 Å². The number of halogens is 3. The third-order valence-corrected chi connectivity index (χ3v) is 4.53. The fourth-order valence-corrected chi connectivity index (χ4v) is 3.13. The molecule has 0 bridgehead atoms. The number of aromatic nitrogens is 3. The van der Waals surface area contributed by atoms with Gasteiger partial charge in [-0.15, -0.1) is 0 Å². The molecule has 0 unspecified atom stereocenters. The van der Waals surface area contributed by atoms with Gasteiger partial charge >= 0.3 is 6.18 Å². The van der Waals surface area contributed by atoms with Crippen molar-refractivity contribution in [3.63, 3.8) is 0 Å². The third kappa shape index (κ3) is 3.37. The van der Waals surface area contributed by atoms with E-state index in [1.807, 2.05) is 18.2 Å². The summed E-state index contributed by atoms with van der Waals surface area (Å²) in [5.41, 5.74) is 1.08. The van der Waals surface area contributed by atoms with Crippen molar-refractivity contribution >= 4 is 5.65 Å². The molecule has 0 aliphatic heterocycles. The summed E-state index contributed by atoms with van der Waals surface area (Å²) in [5.74, 6) is 0.875. The van der Waals surface area contributed by atoms with Crippen molar-refractivity contribution in [1.82, 2.24) is 14.6 Å². The largest absolute Gasteiger partial charge is 0.493 e. The molecule has 0 N–H and O–H groups in total. The monoisotopic (exact) mass is 399 g/mol. The summed E-state index contributed by atoms with van der Waals surface area (Å²) in [6, 6.07) is 14.9. The zero-order chi connectivity index (χ0) is 20.6. The topological polar surface area (TPSA) is 48.7 Å². The number of hydrogen-bond donors (Lipinski definition) is 0. The van der Waals surface area contributed by atoms with E-state index >= 15 is 0 Å². The van der Waals surface area contributed by atoms with Crippen LogP contribution in [0.4, 0.5) is 13.2 Å². The van der Waals surface area contributed by atoms with Crippen LogP contribution in [-0.2, 0) is 6.18 Å². The lowest BCUT2D eigenvalue weighted by Crippen LogP contribution is -2.13. The van der Waals surface area contributed by atoms with Gasteiger partial charge in [-0.05, 0) is 29.8 Å². The zero-order valence-electron chi connectivity index (χ0n) is 15.6. The number of rotatable bonds is 4. The van der Waals surface area contributed by atoms with Crippen LogP contribution >= 0.6 is 0 Å². The van der Waals surface area contributed by atoms with Gasteiger partial charge in [-0.2, -0.15) is 18.3 Å². The van der Waals surface area contributed by atoms with Crippen LogP contribution in [0, 0.1) is 0 Å². The smallest absolute Gasteiger partial charge is 0.433 e. The summed E-state index contributed by atoms with van der Waals surface area (Å²) in [6.07, 6.45) is -3.21. The van der Waals surface area contributed by atoms with Crippen LogP contribution in [0.1, 0.15) is 5.69 Å². The summed E-state index contributed by atoms with van der Waals surface area (Å²) in [5, 5.41) is 3.95. The van der Waals surface area contributed by atoms with E-state index in [1.54, 1.807) is 30.3 Å². The van der Waals surface area contributed by atoms with Gasteiger partial charge in [-0.3, -0.25) is 0 Å². The zero-order valence-corrected chi connectivity index (χ0v) is 15.6. The first-order chi connectivity index (χ1) is 13.9. The van der Waals surface area contributed by atoms with E-state index < -0.39 is 11.9 Å². The van der Waals surface area contributed by atoms with Crippen LogP contribution in [0.3, 0.4) is 0 Å². The number of benzene rings is 2. The van der Waals surface area contributed by atoms with Gasteiger partial charge in [0.05, 0.1) is 26.1 Å². The second-order valence-corrected chi connectivity index (χ2v) is 6.25. The van der Waals surface area contributed by atoms with Crippen molar-refractivity contribution < 1.29 is 22.6 Å². The number of nitrogens with zero attached hydrogens (tertiary/aromatic N) is 3. The van der Waals surface area contributed by atoms with Crippen LogP contribution in [0.25, 0.3) is 28.0 Å². The van der Waals surface area contributed by atoms with Gasteiger partial charge in [0.2, 0.25) is 0 Å². The van der Waals surface area contributed by atoms with Crippen LogP contribution in [-0.4, -0.2) is 28.8 Å². The van der Waals surface area contributed by atoms with Crippen molar-refractivity contribution in [3.05, 3.63) is 66.5 Å². The molecule has 5 nitrogen and oxygen atoms in total. The summed E-state index contributed by atoms with van der Waals surface area (Å²) < 4.78 is 52.6. The van der Waals surface area contributed by atoms with E-state index in [0.29, 0.717) is 22.6 Å². The van der Waals surface area contributed by atoms with E-state index in [-0.39, 0.29) is 11.3 Å². The maximum Gasteiger partial charge on any atom is 0.433 e. The highest BCUT2D eigenvalue weighted by atomic mass is 19.4. The minimum absolute atomic E-state index is 0.121. The van der Waals surface area contributed by atoms with Crippen LogP contribution in [0.15, 0.2) is 60.8 Å². The molecule has 0 atom stereocenters. The Kier molecular flexibility index (Phi) is 4.62. The molecule has 2 aromatic heterocycles. The molecule has 2 heterocycles. The first kappa shape index (κ1) is 18.8. The Morgan fingerprint density at radius 3 is 2.24 bits per heavy atom. The number of fused-ring (bicyclic) bond motifs is 1. The number of ether oxygens (including phenoxy) is 2. The Morgan fingerprint density at radius 1 is 0.862 bits per heavy atom.